The Bertz CT molecular complexity index is 1350. The summed E-state index contributed by atoms with van der Waals surface area (Å²) in [4.78, 5) is 14.5. The van der Waals surface area contributed by atoms with Crippen LogP contribution in [0, 0.1) is 13.8 Å². The minimum atomic E-state index is -4.60. The number of alkyl halides is 3. The van der Waals surface area contributed by atoms with Crippen molar-refractivity contribution in [2.24, 2.45) is 0 Å². The van der Waals surface area contributed by atoms with Gasteiger partial charge in [0.25, 0.3) is 5.91 Å². The average molecular weight is 450 g/mol. The third-order valence-corrected chi connectivity index (χ3v) is 5.91. The fraction of sp³-hybridized carbons (Fsp3) is 0.200. The van der Waals surface area contributed by atoms with E-state index in [0.29, 0.717) is 5.69 Å². The molecule has 5 nitrogen and oxygen atoms in total. The molecule has 0 radical (unpaired) electrons. The molecule has 2 aromatic carbocycles. The summed E-state index contributed by atoms with van der Waals surface area (Å²) in [6.45, 7) is 4.36. The number of hydrogen-bond acceptors (Lipinski definition) is 2. The van der Waals surface area contributed by atoms with Crippen molar-refractivity contribution in [1.82, 2.24) is 19.2 Å². The smallest absolute Gasteiger partial charge is 0.328 e. The number of halogens is 3. The molecular weight excluding hydrogens is 429 g/mol. The highest BCUT2D eigenvalue weighted by Gasteiger charge is 2.38. The molecular formula is C25H21F3N4O. The Kier molecular flexibility index (Phi) is 4.88. The summed E-state index contributed by atoms with van der Waals surface area (Å²) >= 11 is 0. The second-order valence-corrected chi connectivity index (χ2v) is 8.25. The van der Waals surface area contributed by atoms with E-state index >= 15 is 0 Å². The normalized spacial score (nSPS) is 13.4. The predicted molar refractivity (Wildman–Crippen MR) is 117 cm³/mol. The van der Waals surface area contributed by atoms with E-state index in [-0.39, 0.29) is 18.7 Å². The number of carbonyl (C=O) groups excluding carboxylic acids is 1. The molecule has 0 saturated heterocycles. The van der Waals surface area contributed by atoms with Gasteiger partial charge in [-0.3, -0.25) is 4.79 Å². The molecule has 4 aromatic rings. The summed E-state index contributed by atoms with van der Waals surface area (Å²) in [6.07, 6.45) is -0.823. The standard InChI is InChI=1S/C25H21F3N4O/c1-16-9-10-22(17(2)13-16)32-23(30-11-5-6-12-30)19-14-31(15-21(19)29-32)24(33)18-7-3-4-8-20(18)25(26,27)28/h3-13H,14-15H2,1-2H3. The number of amides is 1. The molecule has 0 unspecified atom stereocenters. The van der Waals surface area contributed by atoms with E-state index in [0.717, 1.165) is 34.3 Å². The summed E-state index contributed by atoms with van der Waals surface area (Å²) in [5, 5.41) is 4.78. The topological polar surface area (TPSA) is 43.1 Å². The first-order chi connectivity index (χ1) is 15.7. The van der Waals surface area contributed by atoms with Crippen LogP contribution in [0.5, 0.6) is 0 Å². The molecule has 0 N–H and O–H groups in total. The maximum atomic E-state index is 13.5. The van der Waals surface area contributed by atoms with Gasteiger partial charge < -0.3 is 9.47 Å². The van der Waals surface area contributed by atoms with E-state index in [4.69, 9.17) is 5.10 Å². The first-order valence-electron chi connectivity index (χ1n) is 10.5. The molecule has 168 valence electrons. The maximum absolute atomic E-state index is 13.5. The lowest BCUT2D eigenvalue weighted by atomic mass is 10.1. The summed E-state index contributed by atoms with van der Waals surface area (Å²) in [7, 11) is 0. The molecule has 3 heterocycles. The number of aryl methyl sites for hydroxylation is 2. The van der Waals surface area contributed by atoms with Crippen LogP contribution in [0.2, 0.25) is 0 Å². The predicted octanol–water partition coefficient (Wildman–Crippen LogP) is 5.45. The van der Waals surface area contributed by atoms with Gasteiger partial charge in [0.2, 0.25) is 0 Å². The number of nitrogens with zero attached hydrogens (tertiary/aromatic N) is 4. The number of benzene rings is 2. The van der Waals surface area contributed by atoms with Crippen molar-refractivity contribution in [1.29, 1.82) is 0 Å². The minimum absolute atomic E-state index is 0.145. The van der Waals surface area contributed by atoms with Crippen LogP contribution in [-0.2, 0) is 19.3 Å². The molecule has 8 heteroatoms. The van der Waals surface area contributed by atoms with E-state index in [2.05, 4.69) is 6.07 Å². The maximum Gasteiger partial charge on any atom is 0.417 e. The molecule has 0 spiro atoms. The molecule has 1 aliphatic heterocycles. The molecule has 0 atom stereocenters. The quantitative estimate of drug-likeness (QED) is 0.416. The fourth-order valence-electron chi connectivity index (χ4n) is 4.38. The summed E-state index contributed by atoms with van der Waals surface area (Å²) < 4.78 is 44.2. The molecule has 1 amide bonds. The SMILES string of the molecule is Cc1ccc(-n2nc3c(c2-n2cccc2)CN(C(=O)c2ccccc2C(F)(F)F)C3)c(C)c1. The zero-order valence-corrected chi connectivity index (χ0v) is 18.1. The highest BCUT2D eigenvalue weighted by atomic mass is 19.4. The Morgan fingerprint density at radius 2 is 1.70 bits per heavy atom. The van der Waals surface area contributed by atoms with Crippen molar-refractivity contribution in [3.05, 3.63) is 101 Å². The molecule has 2 aromatic heterocycles. The van der Waals surface area contributed by atoms with Gasteiger partial charge >= 0.3 is 6.18 Å². The lowest BCUT2D eigenvalue weighted by molar-refractivity contribution is -0.138. The molecule has 0 aliphatic carbocycles. The van der Waals surface area contributed by atoms with Crippen LogP contribution < -0.4 is 0 Å². The number of fused-ring (bicyclic) bond motifs is 1. The second-order valence-electron chi connectivity index (χ2n) is 8.25. The van der Waals surface area contributed by atoms with Gasteiger partial charge in [0.05, 0.1) is 35.6 Å². The number of carbonyl (C=O) groups is 1. The zero-order chi connectivity index (χ0) is 23.3. The number of hydrogen-bond donors (Lipinski definition) is 0. The lowest BCUT2D eigenvalue weighted by Crippen LogP contribution is -2.28. The van der Waals surface area contributed by atoms with E-state index in [1.165, 1.54) is 23.1 Å². The highest BCUT2D eigenvalue weighted by Crippen LogP contribution is 2.35. The Morgan fingerprint density at radius 1 is 0.970 bits per heavy atom. The highest BCUT2D eigenvalue weighted by molar-refractivity contribution is 5.96. The Balaban J connectivity index is 1.56. The fourth-order valence-corrected chi connectivity index (χ4v) is 4.38. The molecule has 0 bridgehead atoms. The summed E-state index contributed by atoms with van der Waals surface area (Å²) in [5.41, 5.74) is 3.33. The van der Waals surface area contributed by atoms with Gasteiger partial charge in [0.15, 0.2) is 0 Å². The van der Waals surface area contributed by atoms with E-state index in [1.54, 1.807) is 0 Å². The molecule has 1 aliphatic rings. The van der Waals surface area contributed by atoms with Crippen LogP contribution in [0.3, 0.4) is 0 Å². The van der Waals surface area contributed by atoms with Crippen molar-refractivity contribution in [2.45, 2.75) is 33.1 Å². The van der Waals surface area contributed by atoms with Gasteiger partial charge in [-0.05, 0) is 49.7 Å². The van der Waals surface area contributed by atoms with Crippen LogP contribution in [0.15, 0.2) is 67.0 Å². The molecule has 0 saturated carbocycles. The van der Waals surface area contributed by atoms with Crippen LogP contribution in [0.4, 0.5) is 13.2 Å². The first kappa shape index (κ1) is 21.1. The minimum Gasteiger partial charge on any atom is -0.328 e. The molecule has 5 rings (SSSR count). The number of rotatable bonds is 3. The van der Waals surface area contributed by atoms with E-state index < -0.39 is 17.6 Å². The van der Waals surface area contributed by atoms with Gasteiger partial charge in [-0.1, -0.05) is 29.8 Å². The van der Waals surface area contributed by atoms with Gasteiger partial charge in [-0.15, -0.1) is 0 Å². The van der Waals surface area contributed by atoms with Crippen molar-refractivity contribution in [3.63, 3.8) is 0 Å². The van der Waals surface area contributed by atoms with Crippen LogP contribution in [0.1, 0.15) is 38.3 Å². The van der Waals surface area contributed by atoms with Crippen molar-refractivity contribution >= 4 is 5.91 Å². The second kappa shape index (κ2) is 7.65. The van der Waals surface area contributed by atoms with Gasteiger partial charge in [-0.2, -0.15) is 18.3 Å². The molecule has 33 heavy (non-hydrogen) atoms. The van der Waals surface area contributed by atoms with Crippen molar-refractivity contribution in [3.8, 4) is 11.5 Å². The zero-order valence-electron chi connectivity index (χ0n) is 18.1. The first-order valence-corrected chi connectivity index (χ1v) is 10.5. The largest absolute Gasteiger partial charge is 0.417 e. The monoisotopic (exact) mass is 450 g/mol. The third-order valence-electron chi connectivity index (χ3n) is 5.91. The Labute approximate surface area is 188 Å². The van der Waals surface area contributed by atoms with Crippen molar-refractivity contribution < 1.29 is 18.0 Å². The van der Waals surface area contributed by atoms with Gasteiger partial charge in [-0.25, -0.2) is 4.68 Å². The van der Waals surface area contributed by atoms with Gasteiger partial charge in [0.1, 0.15) is 5.82 Å². The molecule has 0 fully saturated rings. The number of aromatic nitrogens is 3. The lowest BCUT2D eigenvalue weighted by Gasteiger charge is -2.20. The van der Waals surface area contributed by atoms with E-state index in [1.807, 2.05) is 59.8 Å². The Morgan fingerprint density at radius 3 is 2.39 bits per heavy atom. The average Bonchev–Trinajstić information content (AvgIpc) is 3.49. The van der Waals surface area contributed by atoms with Crippen LogP contribution in [0.25, 0.3) is 11.5 Å². The van der Waals surface area contributed by atoms with Crippen LogP contribution >= 0.6 is 0 Å². The summed E-state index contributed by atoms with van der Waals surface area (Å²) in [5.74, 6) is 0.124. The third kappa shape index (κ3) is 3.61. The summed E-state index contributed by atoms with van der Waals surface area (Å²) in [6, 6.07) is 14.8. The van der Waals surface area contributed by atoms with Crippen LogP contribution in [-0.4, -0.2) is 25.2 Å². The van der Waals surface area contributed by atoms with Gasteiger partial charge in [0, 0.05) is 18.0 Å². The Hall–Kier alpha value is -3.81. The van der Waals surface area contributed by atoms with Crippen molar-refractivity contribution in [2.75, 3.05) is 0 Å². The van der Waals surface area contributed by atoms with E-state index in [9.17, 15) is 18.0 Å².